The van der Waals surface area contributed by atoms with Crippen molar-refractivity contribution in [1.82, 2.24) is 14.3 Å². The molecule has 1 atom stereocenters. The number of para-hydroxylation sites is 1. The van der Waals surface area contributed by atoms with Gasteiger partial charge in [0.15, 0.2) is 0 Å². The molecule has 1 unspecified atom stereocenters. The first-order chi connectivity index (χ1) is 13.7. The molecule has 29 heavy (non-hydrogen) atoms. The van der Waals surface area contributed by atoms with E-state index in [1.807, 2.05) is 18.2 Å². The van der Waals surface area contributed by atoms with E-state index in [1.54, 1.807) is 35.7 Å². The Balaban J connectivity index is 1.65. The van der Waals surface area contributed by atoms with E-state index in [0.717, 1.165) is 0 Å². The molecule has 1 aromatic heterocycles. The first kappa shape index (κ1) is 21.2. The molecule has 1 aromatic carbocycles. The average molecular weight is 410 g/mol. The number of piperidine rings is 1. The second kappa shape index (κ2) is 8.44. The van der Waals surface area contributed by atoms with Crippen LogP contribution in [0.2, 0.25) is 0 Å². The van der Waals surface area contributed by atoms with Gasteiger partial charge in [-0.3, -0.25) is 14.3 Å². The maximum Gasteiger partial charge on any atom is 0.393 e. The van der Waals surface area contributed by atoms with E-state index in [1.165, 1.54) is 4.68 Å². The Morgan fingerprint density at radius 3 is 2.59 bits per heavy atom. The van der Waals surface area contributed by atoms with Crippen LogP contribution in [0, 0.1) is 12.8 Å². The number of nitrogens with one attached hydrogen (secondary N) is 1. The molecule has 1 fully saturated rings. The Kier molecular flexibility index (Phi) is 6.16. The Bertz CT molecular complexity index is 918. The molecule has 3 rings (SSSR count). The van der Waals surface area contributed by atoms with Crippen molar-refractivity contribution in [3.8, 4) is 5.69 Å². The topological polar surface area (TPSA) is 59.3 Å². The van der Waals surface area contributed by atoms with Gasteiger partial charge >= 0.3 is 6.18 Å². The van der Waals surface area contributed by atoms with Gasteiger partial charge in [-0.05, 0) is 38.4 Å². The minimum atomic E-state index is -4.20. The lowest BCUT2D eigenvalue weighted by molar-refractivity contribution is -0.186. The molecule has 2 aromatic rings. The zero-order valence-electron chi connectivity index (χ0n) is 16.5. The molecule has 1 amide bonds. The number of rotatable bonds is 5. The number of amides is 1. The van der Waals surface area contributed by atoms with E-state index in [9.17, 15) is 22.8 Å². The normalized spacial score (nSPS) is 18.0. The molecular weight excluding hydrogens is 385 g/mol. The van der Waals surface area contributed by atoms with Crippen molar-refractivity contribution in [2.75, 3.05) is 25.0 Å². The molecule has 0 aliphatic carbocycles. The Morgan fingerprint density at radius 1 is 1.24 bits per heavy atom. The van der Waals surface area contributed by atoms with E-state index in [2.05, 4.69) is 5.32 Å². The van der Waals surface area contributed by atoms with Gasteiger partial charge in [0.2, 0.25) is 5.91 Å². The summed E-state index contributed by atoms with van der Waals surface area (Å²) in [7, 11) is 1.73. The summed E-state index contributed by atoms with van der Waals surface area (Å²) in [6.45, 7) is 2.43. The lowest BCUT2D eigenvalue weighted by Crippen LogP contribution is -2.42. The molecular formula is C20H25F3N4O2. The molecule has 2 heterocycles. The minimum absolute atomic E-state index is 0.0314. The largest absolute Gasteiger partial charge is 0.393 e. The SMILES string of the molecule is Cc1c(NC(=O)CCN2CCCC(C(F)(F)F)C2)c(=O)n(-c2ccccc2)n1C. The van der Waals surface area contributed by atoms with Crippen LogP contribution in [0.4, 0.5) is 18.9 Å². The second-order valence-electron chi connectivity index (χ2n) is 7.42. The Labute approximate surface area is 166 Å². The van der Waals surface area contributed by atoms with Gasteiger partial charge in [0.05, 0.1) is 17.3 Å². The van der Waals surface area contributed by atoms with Gasteiger partial charge in [-0.25, -0.2) is 4.68 Å². The van der Waals surface area contributed by atoms with Crippen LogP contribution in [0.15, 0.2) is 35.1 Å². The summed E-state index contributed by atoms with van der Waals surface area (Å²) in [6.07, 6.45) is -3.58. The Morgan fingerprint density at radius 2 is 1.93 bits per heavy atom. The number of carbonyl (C=O) groups excluding carboxylic acids is 1. The van der Waals surface area contributed by atoms with Gasteiger partial charge in [-0.1, -0.05) is 18.2 Å². The third kappa shape index (κ3) is 4.72. The maximum absolute atomic E-state index is 12.9. The highest BCUT2D eigenvalue weighted by Gasteiger charge is 2.41. The van der Waals surface area contributed by atoms with Crippen LogP contribution in [0.5, 0.6) is 0 Å². The predicted molar refractivity (Wildman–Crippen MR) is 104 cm³/mol. The lowest BCUT2D eigenvalue weighted by atomic mass is 9.97. The number of carbonyl (C=O) groups is 1. The van der Waals surface area contributed by atoms with E-state index in [4.69, 9.17) is 0 Å². The van der Waals surface area contributed by atoms with Crippen molar-refractivity contribution in [2.24, 2.45) is 13.0 Å². The summed E-state index contributed by atoms with van der Waals surface area (Å²) in [4.78, 5) is 26.8. The summed E-state index contributed by atoms with van der Waals surface area (Å²) in [5.74, 6) is -1.72. The molecule has 1 aliphatic heterocycles. The molecule has 158 valence electrons. The number of nitrogens with zero attached hydrogens (tertiary/aromatic N) is 3. The van der Waals surface area contributed by atoms with Crippen LogP contribution in [-0.4, -0.2) is 46.0 Å². The second-order valence-corrected chi connectivity index (χ2v) is 7.42. The number of likely N-dealkylation sites (tertiary alicyclic amines) is 1. The molecule has 1 saturated heterocycles. The van der Waals surface area contributed by atoms with E-state index < -0.39 is 12.1 Å². The summed E-state index contributed by atoms with van der Waals surface area (Å²) in [5.41, 5.74) is 1.12. The number of halogens is 3. The van der Waals surface area contributed by atoms with Crippen molar-refractivity contribution < 1.29 is 18.0 Å². The van der Waals surface area contributed by atoms with Crippen LogP contribution in [0.3, 0.4) is 0 Å². The number of hydrogen-bond donors (Lipinski definition) is 1. The maximum atomic E-state index is 12.9. The van der Waals surface area contributed by atoms with E-state index in [-0.39, 0.29) is 43.1 Å². The van der Waals surface area contributed by atoms with E-state index in [0.29, 0.717) is 24.3 Å². The van der Waals surface area contributed by atoms with Crippen LogP contribution in [0.1, 0.15) is 25.0 Å². The lowest BCUT2D eigenvalue weighted by Gasteiger charge is -2.33. The number of anilines is 1. The van der Waals surface area contributed by atoms with Gasteiger partial charge in [0.25, 0.3) is 5.56 Å². The van der Waals surface area contributed by atoms with Crippen LogP contribution in [-0.2, 0) is 11.8 Å². The highest BCUT2D eigenvalue weighted by molar-refractivity contribution is 5.91. The molecule has 0 radical (unpaired) electrons. The van der Waals surface area contributed by atoms with E-state index >= 15 is 0 Å². The summed E-state index contributed by atoms with van der Waals surface area (Å²) in [5, 5.41) is 2.65. The third-order valence-electron chi connectivity index (χ3n) is 5.44. The summed E-state index contributed by atoms with van der Waals surface area (Å²) < 4.78 is 41.9. The first-order valence-corrected chi connectivity index (χ1v) is 9.61. The predicted octanol–water partition coefficient (Wildman–Crippen LogP) is 3.09. The molecule has 1 N–H and O–H groups in total. The van der Waals surface area contributed by atoms with Gasteiger partial charge in [-0.2, -0.15) is 13.2 Å². The monoisotopic (exact) mass is 410 g/mol. The summed E-state index contributed by atoms with van der Waals surface area (Å²) >= 11 is 0. The summed E-state index contributed by atoms with van der Waals surface area (Å²) in [6, 6.07) is 9.06. The van der Waals surface area contributed by atoms with Gasteiger partial charge in [0.1, 0.15) is 5.69 Å². The third-order valence-corrected chi connectivity index (χ3v) is 5.44. The fourth-order valence-corrected chi connectivity index (χ4v) is 3.70. The van der Waals surface area contributed by atoms with Crippen LogP contribution >= 0.6 is 0 Å². The fourth-order valence-electron chi connectivity index (χ4n) is 3.70. The van der Waals surface area contributed by atoms with Gasteiger partial charge in [-0.15, -0.1) is 0 Å². The fraction of sp³-hybridized carbons (Fsp3) is 0.500. The van der Waals surface area contributed by atoms with Crippen molar-refractivity contribution in [1.29, 1.82) is 0 Å². The molecule has 1 aliphatic rings. The zero-order chi connectivity index (χ0) is 21.2. The molecule has 0 bridgehead atoms. The number of benzene rings is 1. The Hall–Kier alpha value is -2.55. The van der Waals surface area contributed by atoms with Crippen LogP contribution < -0.4 is 10.9 Å². The minimum Gasteiger partial charge on any atom is -0.320 e. The molecule has 0 saturated carbocycles. The zero-order valence-corrected chi connectivity index (χ0v) is 16.5. The van der Waals surface area contributed by atoms with Crippen molar-refractivity contribution >= 4 is 11.6 Å². The number of alkyl halides is 3. The first-order valence-electron chi connectivity index (χ1n) is 9.61. The highest BCUT2D eigenvalue weighted by atomic mass is 19.4. The smallest absolute Gasteiger partial charge is 0.320 e. The van der Waals surface area contributed by atoms with Gasteiger partial charge in [0, 0.05) is 26.6 Å². The van der Waals surface area contributed by atoms with Crippen molar-refractivity contribution in [2.45, 2.75) is 32.4 Å². The van der Waals surface area contributed by atoms with Crippen LogP contribution in [0.25, 0.3) is 5.69 Å². The molecule has 6 nitrogen and oxygen atoms in total. The molecule has 9 heteroatoms. The molecule has 0 spiro atoms. The average Bonchev–Trinajstić information content (AvgIpc) is 2.90. The van der Waals surface area contributed by atoms with Crippen molar-refractivity contribution in [3.05, 3.63) is 46.4 Å². The highest BCUT2D eigenvalue weighted by Crippen LogP contribution is 2.33. The van der Waals surface area contributed by atoms with Gasteiger partial charge < -0.3 is 10.2 Å². The van der Waals surface area contributed by atoms with Crippen molar-refractivity contribution in [3.63, 3.8) is 0 Å². The number of hydrogen-bond acceptors (Lipinski definition) is 3. The standard InChI is InChI=1S/C20H25F3N4O2/c1-14-18(19(29)27(25(14)2)16-8-4-3-5-9-16)24-17(28)10-12-26-11-6-7-15(13-26)20(21,22)23/h3-5,8-9,15H,6-7,10-13H2,1-2H3,(H,24,28). The number of aromatic nitrogens is 2. The quantitative estimate of drug-likeness (QED) is 0.824.